The molecule has 0 amide bonds. The minimum Gasteiger partial charge on any atom is -0.462 e. The molecule has 1 aliphatic rings. The molecule has 4 atom stereocenters. The highest BCUT2D eigenvalue weighted by atomic mass is 16.5. The predicted molar refractivity (Wildman–Crippen MR) is 75.5 cm³/mol. The number of nitrogens with two attached hydrogens (primary N) is 1. The number of esters is 1. The Labute approximate surface area is 116 Å². The number of carbonyl (C=O) groups excluding carboxylic acids is 1. The lowest BCUT2D eigenvalue weighted by Crippen LogP contribution is -2.40. The summed E-state index contributed by atoms with van der Waals surface area (Å²) in [4.78, 5) is 11.9. The Morgan fingerprint density at radius 2 is 2.11 bits per heavy atom. The molecular weight excluding hydrogens is 242 g/mol. The van der Waals surface area contributed by atoms with E-state index in [9.17, 15) is 9.90 Å². The second-order valence-electron chi connectivity index (χ2n) is 6.73. The summed E-state index contributed by atoms with van der Waals surface area (Å²) in [6.45, 7) is 8.19. The van der Waals surface area contributed by atoms with E-state index < -0.39 is 5.60 Å². The van der Waals surface area contributed by atoms with E-state index in [1.54, 1.807) is 6.92 Å². The van der Waals surface area contributed by atoms with Gasteiger partial charge in [-0.15, -0.1) is 0 Å². The molecular formula is C15H29NO3. The van der Waals surface area contributed by atoms with Gasteiger partial charge in [-0.1, -0.05) is 27.2 Å². The van der Waals surface area contributed by atoms with Crippen LogP contribution in [0.3, 0.4) is 0 Å². The lowest BCUT2D eigenvalue weighted by molar-refractivity contribution is -0.160. The van der Waals surface area contributed by atoms with Crippen LogP contribution in [-0.4, -0.2) is 29.3 Å². The van der Waals surface area contributed by atoms with Crippen molar-refractivity contribution in [1.29, 1.82) is 0 Å². The lowest BCUT2D eigenvalue weighted by atomic mass is 9.75. The summed E-state index contributed by atoms with van der Waals surface area (Å²) in [5, 5.41) is 9.82. The molecule has 0 heterocycles. The first-order valence-electron chi connectivity index (χ1n) is 7.37. The van der Waals surface area contributed by atoms with Crippen molar-refractivity contribution in [1.82, 2.24) is 0 Å². The van der Waals surface area contributed by atoms with Crippen LogP contribution in [0.5, 0.6) is 0 Å². The van der Waals surface area contributed by atoms with E-state index in [2.05, 4.69) is 20.8 Å². The number of hydrogen-bond donors (Lipinski definition) is 2. The maximum atomic E-state index is 11.9. The standard InChI is InChI=1S/C15H29NO3/c1-10(2)12-6-5-11(3)7-13(12)19-14(17)8-15(4,18)9-16/h10-13,18H,5-9,16H2,1-4H3. The summed E-state index contributed by atoms with van der Waals surface area (Å²) in [7, 11) is 0. The molecule has 112 valence electrons. The van der Waals surface area contributed by atoms with Gasteiger partial charge in [0.2, 0.25) is 0 Å². The van der Waals surface area contributed by atoms with Crippen LogP contribution in [0.2, 0.25) is 0 Å². The SMILES string of the molecule is CC1CCC(C(C)C)C(OC(=O)CC(C)(O)CN)C1. The number of carbonyl (C=O) groups is 1. The molecule has 0 aliphatic heterocycles. The molecule has 1 aliphatic carbocycles. The summed E-state index contributed by atoms with van der Waals surface area (Å²) in [6.07, 6.45) is 3.21. The van der Waals surface area contributed by atoms with Crippen molar-refractivity contribution in [2.24, 2.45) is 23.5 Å². The first-order chi connectivity index (χ1) is 8.75. The monoisotopic (exact) mass is 271 g/mol. The van der Waals surface area contributed by atoms with Gasteiger partial charge in [-0.3, -0.25) is 4.79 Å². The van der Waals surface area contributed by atoms with Crippen molar-refractivity contribution in [3.05, 3.63) is 0 Å². The van der Waals surface area contributed by atoms with Gasteiger partial charge in [-0.2, -0.15) is 0 Å². The second-order valence-corrected chi connectivity index (χ2v) is 6.73. The topological polar surface area (TPSA) is 72.5 Å². The van der Waals surface area contributed by atoms with Crippen LogP contribution in [0.1, 0.15) is 53.4 Å². The summed E-state index contributed by atoms with van der Waals surface area (Å²) in [5.41, 5.74) is 4.27. The van der Waals surface area contributed by atoms with Crippen LogP contribution in [0.25, 0.3) is 0 Å². The Hall–Kier alpha value is -0.610. The van der Waals surface area contributed by atoms with Crippen LogP contribution in [0, 0.1) is 17.8 Å². The Bertz CT molecular complexity index is 302. The summed E-state index contributed by atoms with van der Waals surface area (Å²) >= 11 is 0. The van der Waals surface area contributed by atoms with Crippen LogP contribution < -0.4 is 5.73 Å². The van der Waals surface area contributed by atoms with Gasteiger partial charge >= 0.3 is 5.97 Å². The van der Waals surface area contributed by atoms with E-state index in [1.165, 1.54) is 6.42 Å². The Kier molecular flexibility index (Phi) is 5.81. The zero-order chi connectivity index (χ0) is 14.6. The minimum atomic E-state index is -1.16. The van der Waals surface area contributed by atoms with Crippen molar-refractivity contribution in [3.63, 3.8) is 0 Å². The summed E-state index contributed by atoms with van der Waals surface area (Å²) in [6, 6.07) is 0. The first-order valence-corrected chi connectivity index (χ1v) is 7.37. The molecule has 1 rings (SSSR count). The van der Waals surface area contributed by atoms with Gasteiger partial charge in [0.1, 0.15) is 6.10 Å². The molecule has 4 unspecified atom stereocenters. The van der Waals surface area contributed by atoms with E-state index in [-0.39, 0.29) is 25.0 Å². The van der Waals surface area contributed by atoms with Crippen molar-refractivity contribution in [2.45, 2.75) is 65.1 Å². The zero-order valence-electron chi connectivity index (χ0n) is 12.7. The third-order valence-corrected chi connectivity index (χ3v) is 4.21. The van der Waals surface area contributed by atoms with Gasteiger partial charge in [0.25, 0.3) is 0 Å². The fourth-order valence-corrected chi connectivity index (χ4v) is 2.84. The van der Waals surface area contributed by atoms with E-state index >= 15 is 0 Å². The highest BCUT2D eigenvalue weighted by molar-refractivity contribution is 5.70. The molecule has 19 heavy (non-hydrogen) atoms. The molecule has 0 spiro atoms. The van der Waals surface area contributed by atoms with Gasteiger partial charge in [0.15, 0.2) is 0 Å². The average Bonchev–Trinajstić information content (AvgIpc) is 2.27. The molecule has 0 radical (unpaired) electrons. The molecule has 0 saturated heterocycles. The van der Waals surface area contributed by atoms with E-state index in [0.717, 1.165) is 12.8 Å². The van der Waals surface area contributed by atoms with Gasteiger partial charge in [0, 0.05) is 6.54 Å². The molecule has 0 aromatic carbocycles. The third-order valence-electron chi connectivity index (χ3n) is 4.21. The Balaban J connectivity index is 2.59. The molecule has 0 aromatic rings. The van der Waals surface area contributed by atoms with Crippen LogP contribution in [0.4, 0.5) is 0 Å². The first kappa shape index (κ1) is 16.4. The van der Waals surface area contributed by atoms with Gasteiger partial charge < -0.3 is 15.6 Å². The maximum Gasteiger partial charge on any atom is 0.309 e. The molecule has 4 heteroatoms. The molecule has 0 bridgehead atoms. The zero-order valence-corrected chi connectivity index (χ0v) is 12.7. The fourth-order valence-electron chi connectivity index (χ4n) is 2.84. The van der Waals surface area contributed by atoms with Gasteiger partial charge in [-0.05, 0) is 37.5 Å². The number of aliphatic hydroxyl groups is 1. The smallest absolute Gasteiger partial charge is 0.309 e. The Morgan fingerprint density at radius 3 is 2.63 bits per heavy atom. The van der Waals surface area contributed by atoms with Crippen molar-refractivity contribution in [3.8, 4) is 0 Å². The molecule has 1 saturated carbocycles. The molecule has 3 N–H and O–H groups in total. The predicted octanol–water partition coefficient (Wildman–Crippen LogP) is 2.09. The van der Waals surface area contributed by atoms with E-state index in [4.69, 9.17) is 10.5 Å². The van der Waals surface area contributed by atoms with E-state index in [0.29, 0.717) is 17.8 Å². The highest BCUT2D eigenvalue weighted by Crippen LogP contribution is 2.35. The van der Waals surface area contributed by atoms with Crippen molar-refractivity contribution >= 4 is 5.97 Å². The van der Waals surface area contributed by atoms with Crippen LogP contribution in [0.15, 0.2) is 0 Å². The summed E-state index contributed by atoms with van der Waals surface area (Å²) < 4.78 is 5.62. The fraction of sp³-hybridized carbons (Fsp3) is 0.933. The largest absolute Gasteiger partial charge is 0.462 e. The Morgan fingerprint density at radius 1 is 1.47 bits per heavy atom. The summed E-state index contributed by atoms with van der Waals surface area (Å²) in [5.74, 6) is 1.21. The number of rotatable bonds is 5. The van der Waals surface area contributed by atoms with Gasteiger partial charge in [0.05, 0.1) is 12.0 Å². The third kappa shape index (κ3) is 5.11. The molecule has 0 aromatic heterocycles. The average molecular weight is 271 g/mol. The molecule has 4 nitrogen and oxygen atoms in total. The van der Waals surface area contributed by atoms with Crippen LogP contribution >= 0.6 is 0 Å². The second kappa shape index (κ2) is 6.71. The molecule has 1 fully saturated rings. The van der Waals surface area contributed by atoms with Crippen molar-refractivity contribution < 1.29 is 14.6 Å². The van der Waals surface area contributed by atoms with Crippen molar-refractivity contribution in [2.75, 3.05) is 6.54 Å². The minimum absolute atomic E-state index is 0.00942. The maximum absolute atomic E-state index is 11.9. The highest BCUT2D eigenvalue weighted by Gasteiger charge is 2.34. The normalized spacial score (nSPS) is 31.0. The number of ether oxygens (including phenoxy) is 1. The number of hydrogen-bond acceptors (Lipinski definition) is 4. The van der Waals surface area contributed by atoms with Crippen LogP contribution in [-0.2, 0) is 9.53 Å². The lowest BCUT2D eigenvalue weighted by Gasteiger charge is -2.37. The quantitative estimate of drug-likeness (QED) is 0.751. The van der Waals surface area contributed by atoms with E-state index in [1.807, 2.05) is 0 Å². The van der Waals surface area contributed by atoms with Gasteiger partial charge in [-0.25, -0.2) is 0 Å².